The molecule has 0 aromatic heterocycles. The third kappa shape index (κ3) is 9.39. The van der Waals surface area contributed by atoms with Gasteiger partial charge in [-0.25, -0.2) is 9.18 Å². The lowest BCUT2D eigenvalue weighted by Crippen LogP contribution is -2.38. The summed E-state index contributed by atoms with van der Waals surface area (Å²) in [4.78, 5) is 27.2. The summed E-state index contributed by atoms with van der Waals surface area (Å²) < 4.78 is 26.1. The summed E-state index contributed by atoms with van der Waals surface area (Å²) in [6.07, 6.45) is 5.14. The Morgan fingerprint density at radius 1 is 0.978 bits per heavy atom. The van der Waals surface area contributed by atoms with Gasteiger partial charge in [-0.2, -0.15) is 0 Å². The SMILES string of the molecule is CCc1cccc(-c2c(F)cccc2C(O)(CCCCC2CCN(C(=O)c3cccc(CNC(=O)OC(C)(C)C)c3)CC2)OC)c1. The first-order valence-corrected chi connectivity index (χ1v) is 16.4. The third-order valence-corrected chi connectivity index (χ3v) is 8.69. The van der Waals surface area contributed by atoms with Crippen LogP contribution in [-0.2, 0) is 28.2 Å². The molecule has 0 bridgehead atoms. The summed E-state index contributed by atoms with van der Waals surface area (Å²) in [5.41, 5.74) is 3.52. The number of nitrogens with one attached hydrogen (secondary N) is 1. The number of alkyl carbamates (subject to hydrolysis) is 1. The Hall–Kier alpha value is -3.75. The highest BCUT2D eigenvalue weighted by Crippen LogP contribution is 2.38. The lowest BCUT2D eigenvalue weighted by molar-refractivity contribution is -0.199. The van der Waals surface area contributed by atoms with E-state index in [2.05, 4.69) is 12.2 Å². The van der Waals surface area contributed by atoms with Gasteiger partial charge >= 0.3 is 6.09 Å². The van der Waals surface area contributed by atoms with Crippen molar-refractivity contribution in [1.82, 2.24) is 10.2 Å². The van der Waals surface area contributed by atoms with Crippen LogP contribution in [-0.4, -0.2) is 47.8 Å². The standard InChI is InChI=1S/C38H49FN2O5/c1-6-27-13-9-15-30(24-27)34-32(17-11-18-33(34)39)38(44,45-5)21-8-7-12-28-19-22-41(23-20-28)35(42)31-16-10-14-29(25-31)26-40-36(43)46-37(2,3)4/h9-11,13-18,24-25,28,44H,6-8,12,19-23,26H2,1-5H3,(H,40,43). The van der Waals surface area contributed by atoms with E-state index in [-0.39, 0.29) is 18.3 Å². The number of carbonyl (C=O) groups is 2. The smallest absolute Gasteiger partial charge is 0.407 e. The fourth-order valence-electron chi connectivity index (χ4n) is 6.14. The maximum absolute atomic E-state index is 15.2. The maximum Gasteiger partial charge on any atom is 0.407 e. The molecule has 1 unspecified atom stereocenters. The molecule has 0 saturated carbocycles. The molecular formula is C38H49FN2O5. The van der Waals surface area contributed by atoms with Gasteiger partial charge in [-0.05, 0) is 87.3 Å². The van der Waals surface area contributed by atoms with Gasteiger partial charge < -0.3 is 24.8 Å². The van der Waals surface area contributed by atoms with Crippen molar-refractivity contribution in [3.8, 4) is 11.1 Å². The molecule has 8 heteroatoms. The first-order chi connectivity index (χ1) is 21.9. The van der Waals surface area contributed by atoms with Crippen LogP contribution in [0, 0.1) is 11.7 Å². The minimum atomic E-state index is -1.60. The molecule has 7 nitrogen and oxygen atoms in total. The van der Waals surface area contributed by atoms with Crippen molar-refractivity contribution in [3.05, 3.63) is 94.8 Å². The summed E-state index contributed by atoms with van der Waals surface area (Å²) in [6.45, 7) is 9.16. The van der Waals surface area contributed by atoms with E-state index >= 15 is 4.39 Å². The minimum absolute atomic E-state index is 0.00176. The van der Waals surface area contributed by atoms with Crippen molar-refractivity contribution >= 4 is 12.0 Å². The van der Waals surface area contributed by atoms with Crippen LogP contribution < -0.4 is 5.32 Å². The Morgan fingerprint density at radius 2 is 1.67 bits per heavy atom. The molecule has 1 saturated heterocycles. The Bertz CT molecular complexity index is 1480. The van der Waals surface area contributed by atoms with Gasteiger partial charge in [0.05, 0.1) is 0 Å². The van der Waals surface area contributed by atoms with Crippen molar-refractivity contribution in [2.45, 2.75) is 90.6 Å². The van der Waals surface area contributed by atoms with Crippen LogP contribution in [0.5, 0.6) is 0 Å². The highest BCUT2D eigenvalue weighted by Gasteiger charge is 2.33. The van der Waals surface area contributed by atoms with Gasteiger partial charge in [-0.1, -0.05) is 68.3 Å². The topological polar surface area (TPSA) is 88.1 Å². The monoisotopic (exact) mass is 632 g/mol. The fraction of sp³-hybridized carbons (Fsp3) is 0.474. The second-order valence-electron chi connectivity index (χ2n) is 13.2. The van der Waals surface area contributed by atoms with Crippen LogP contribution in [0.25, 0.3) is 11.1 Å². The number of amides is 2. The highest BCUT2D eigenvalue weighted by molar-refractivity contribution is 5.94. The van der Waals surface area contributed by atoms with Gasteiger partial charge in [0.15, 0.2) is 5.79 Å². The zero-order chi connectivity index (χ0) is 33.3. The first-order valence-electron chi connectivity index (χ1n) is 16.4. The highest BCUT2D eigenvalue weighted by atomic mass is 19.1. The Labute approximate surface area is 273 Å². The molecule has 1 heterocycles. The van der Waals surface area contributed by atoms with E-state index in [0.717, 1.165) is 55.2 Å². The number of nitrogens with zero attached hydrogens (tertiary/aromatic N) is 1. The fourth-order valence-corrected chi connectivity index (χ4v) is 6.14. The molecule has 2 amide bonds. The summed E-state index contributed by atoms with van der Waals surface area (Å²) in [5.74, 6) is -1.50. The molecular weight excluding hydrogens is 583 g/mol. The maximum atomic E-state index is 15.2. The molecule has 0 aliphatic carbocycles. The van der Waals surface area contributed by atoms with Crippen molar-refractivity contribution < 1.29 is 28.6 Å². The van der Waals surface area contributed by atoms with Gasteiger partial charge in [0.25, 0.3) is 5.91 Å². The molecule has 248 valence electrons. The van der Waals surface area contributed by atoms with Crippen molar-refractivity contribution in [2.75, 3.05) is 20.2 Å². The molecule has 1 fully saturated rings. The number of likely N-dealkylation sites (tertiary alicyclic amines) is 1. The van der Waals surface area contributed by atoms with Gasteiger partial charge in [0, 0.05) is 49.9 Å². The molecule has 3 aromatic rings. The minimum Gasteiger partial charge on any atom is -0.444 e. The predicted octanol–water partition coefficient (Wildman–Crippen LogP) is 7.98. The molecule has 1 aliphatic heterocycles. The molecule has 2 N–H and O–H groups in total. The van der Waals surface area contributed by atoms with Crippen LogP contribution in [0.1, 0.15) is 93.3 Å². The number of hydrogen-bond donors (Lipinski definition) is 2. The van der Waals surface area contributed by atoms with E-state index in [1.165, 1.54) is 13.2 Å². The Balaban J connectivity index is 1.27. The summed E-state index contributed by atoms with van der Waals surface area (Å²) in [6, 6.07) is 19.9. The average Bonchev–Trinajstić information content (AvgIpc) is 3.05. The number of halogens is 1. The number of carbonyl (C=O) groups excluding carboxylic acids is 2. The number of aryl methyl sites for hydroxylation is 1. The number of rotatable bonds is 12. The molecule has 0 radical (unpaired) electrons. The number of unbranched alkanes of at least 4 members (excludes halogenated alkanes) is 1. The lowest BCUT2D eigenvalue weighted by Gasteiger charge is -2.33. The van der Waals surface area contributed by atoms with Crippen LogP contribution in [0.15, 0.2) is 66.7 Å². The molecule has 1 aliphatic rings. The molecule has 1 atom stereocenters. The number of ether oxygens (including phenoxy) is 2. The number of hydrogen-bond acceptors (Lipinski definition) is 5. The van der Waals surface area contributed by atoms with E-state index in [9.17, 15) is 14.7 Å². The predicted molar refractivity (Wildman–Crippen MR) is 179 cm³/mol. The Morgan fingerprint density at radius 3 is 2.37 bits per heavy atom. The summed E-state index contributed by atoms with van der Waals surface area (Å²) in [5, 5.41) is 14.3. The van der Waals surface area contributed by atoms with Gasteiger partial charge in [0.2, 0.25) is 0 Å². The van der Waals surface area contributed by atoms with E-state index in [4.69, 9.17) is 9.47 Å². The average molecular weight is 633 g/mol. The van der Waals surface area contributed by atoms with Crippen LogP contribution in [0.2, 0.25) is 0 Å². The van der Waals surface area contributed by atoms with E-state index < -0.39 is 17.5 Å². The normalized spacial score (nSPS) is 15.3. The van der Waals surface area contributed by atoms with E-state index in [1.54, 1.807) is 12.1 Å². The van der Waals surface area contributed by atoms with E-state index in [0.29, 0.717) is 42.1 Å². The van der Waals surface area contributed by atoms with Crippen LogP contribution in [0.4, 0.5) is 9.18 Å². The van der Waals surface area contributed by atoms with Gasteiger partial charge in [-0.15, -0.1) is 0 Å². The molecule has 0 spiro atoms. The second kappa shape index (κ2) is 15.7. The number of aliphatic hydroxyl groups is 1. The lowest BCUT2D eigenvalue weighted by atomic mass is 9.88. The number of methoxy groups -OCH3 is 1. The largest absolute Gasteiger partial charge is 0.444 e. The molecule has 46 heavy (non-hydrogen) atoms. The zero-order valence-corrected chi connectivity index (χ0v) is 27.9. The zero-order valence-electron chi connectivity index (χ0n) is 27.9. The van der Waals surface area contributed by atoms with Crippen molar-refractivity contribution in [1.29, 1.82) is 0 Å². The quantitative estimate of drug-likeness (QED) is 0.156. The molecule has 3 aromatic carbocycles. The first kappa shape index (κ1) is 35.1. The second-order valence-corrected chi connectivity index (χ2v) is 13.2. The summed E-state index contributed by atoms with van der Waals surface area (Å²) in [7, 11) is 1.47. The molecule has 4 rings (SSSR count). The number of piperidine rings is 1. The van der Waals surface area contributed by atoms with Crippen molar-refractivity contribution in [2.24, 2.45) is 5.92 Å². The van der Waals surface area contributed by atoms with Crippen molar-refractivity contribution in [3.63, 3.8) is 0 Å². The van der Waals surface area contributed by atoms with Gasteiger partial charge in [0.1, 0.15) is 11.4 Å². The van der Waals surface area contributed by atoms with E-state index in [1.807, 2.05) is 74.2 Å². The van der Waals surface area contributed by atoms with Crippen LogP contribution >= 0.6 is 0 Å². The number of benzene rings is 3. The third-order valence-electron chi connectivity index (χ3n) is 8.69. The van der Waals surface area contributed by atoms with Gasteiger partial charge in [-0.3, -0.25) is 4.79 Å². The van der Waals surface area contributed by atoms with Crippen LogP contribution in [0.3, 0.4) is 0 Å². The Kier molecular flexibility index (Phi) is 12.0. The summed E-state index contributed by atoms with van der Waals surface area (Å²) >= 11 is 0.